The lowest BCUT2D eigenvalue weighted by atomic mass is 10.2. The summed E-state index contributed by atoms with van der Waals surface area (Å²) < 4.78 is 45.5. The molecular formula is C20H25FN2O4S. The molecule has 0 fully saturated rings. The minimum atomic E-state index is -3.92. The highest BCUT2D eigenvalue weighted by atomic mass is 32.2. The lowest BCUT2D eigenvalue weighted by Crippen LogP contribution is -2.44. The molecule has 0 heterocycles. The smallest absolute Gasteiger partial charge is 0.243 e. The van der Waals surface area contributed by atoms with E-state index in [0.29, 0.717) is 12.2 Å². The SMILES string of the molecule is COC[C@@H](C)NC(=O)CN(Cc1ccc(F)cc1)S(=O)(=O)c1ccc(C)cc1. The second-order valence-electron chi connectivity index (χ2n) is 6.64. The molecule has 0 bridgehead atoms. The van der Waals surface area contributed by atoms with Gasteiger partial charge in [0.2, 0.25) is 15.9 Å². The van der Waals surface area contributed by atoms with Crippen molar-refractivity contribution < 1.29 is 22.3 Å². The maximum atomic E-state index is 13.2. The van der Waals surface area contributed by atoms with Crippen molar-refractivity contribution in [1.82, 2.24) is 9.62 Å². The van der Waals surface area contributed by atoms with Crippen LogP contribution in [-0.4, -0.2) is 44.9 Å². The van der Waals surface area contributed by atoms with E-state index < -0.39 is 21.7 Å². The van der Waals surface area contributed by atoms with Crippen molar-refractivity contribution in [2.75, 3.05) is 20.3 Å². The Morgan fingerprint density at radius 3 is 2.32 bits per heavy atom. The van der Waals surface area contributed by atoms with Gasteiger partial charge in [0, 0.05) is 19.7 Å². The zero-order valence-corrected chi connectivity index (χ0v) is 17.0. The molecule has 0 radical (unpaired) electrons. The van der Waals surface area contributed by atoms with Gasteiger partial charge in [0.15, 0.2) is 0 Å². The van der Waals surface area contributed by atoms with Gasteiger partial charge >= 0.3 is 0 Å². The summed E-state index contributed by atoms with van der Waals surface area (Å²) in [7, 11) is -2.40. The first-order valence-corrected chi connectivity index (χ1v) is 10.3. The first-order chi connectivity index (χ1) is 13.2. The number of aryl methyl sites for hydroxylation is 1. The molecule has 1 N–H and O–H groups in total. The normalized spacial score (nSPS) is 12.8. The molecule has 0 aliphatic rings. The molecule has 0 aliphatic heterocycles. The van der Waals surface area contributed by atoms with E-state index in [-0.39, 0.29) is 24.0 Å². The topological polar surface area (TPSA) is 75.7 Å². The quantitative estimate of drug-likeness (QED) is 0.692. The molecule has 6 nitrogen and oxygen atoms in total. The first-order valence-electron chi connectivity index (χ1n) is 8.82. The average Bonchev–Trinajstić information content (AvgIpc) is 2.63. The highest BCUT2D eigenvalue weighted by molar-refractivity contribution is 7.89. The maximum absolute atomic E-state index is 13.2. The number of rotatable bonds is 9. The van der Waals surface area contributed by atoms with Gasteiger partial charge in [-0.05, 0) is 43.7 Å². The Hall–Kier alpha value is -2.29. The predicted octanol–water partition coefficient (Wildman–Crippen LogP) is 2.48. The van der Waals surface area contributed by atoms with Crippen LogP contribution < -0.4 is 5.32 Å². The van der Waals surface area contributed by atoms with E-state index in [1.807, 2.05) is 6.92 Å². The summed E-state index contributed by atoms with van der Waals surface area (Å²) in [5, 5.41) is 2.71. The molecule has 0 aliphatic carbocycles. The second kappa shape index (κ2) is 9.77. The zero-order chi connectivity index (χ0) is 20.7. The molecule has 152 valence electrons. The molecule has 2 aromatic rings. The van der Waals surface area contributed by atoms with Crippen LogP contribution in [0.15, 0.2) is 53.4 Å². The molecule has 2 rings (SSSR count). The highest BCUT2D eigenvalue weighted by Crippen LogP contribution is 2.19. The lowest BCUT2D eigenvalue weighted by Gasteiger charge is -2.23. The van der Waals surface area contributed by atoms with Crippen LogP contribution in [0.5, 0.6) is 0 Å². The molecule has 2 aromatic carbocycles. The average molecular weight is 408 g/mol. The van der Waals surface area contributed by atoms with Crippen molar-refractivity contribution in [3.63, 3.8) is 0 Å². The van der Waals surface area contributed by atoms with Crippen molar-refractivity contribution >= 4 is 15.9 Å². The molecule has 0 saturated carbocycles. The van der Waals surface area contributed by atoms with Crippen LogP contribution in [0.4, 0.5) is 4.39 Å². The van der Waals surface area contributed by atoms with Crippen LogP contribution in [0, 0.1) is 12.7 Å². The number of benzene rings is 2. The van der Waals surface area contributed by atoms with E-state index in [2.05, 4.69) is 5.32 Å². The number of carbonyl (C=O) groups excluding carboxylic acids is 1. The third-order valence-electron chi connectivity index (χ3n) is 4.07. The summed E-state index contributed by atoms with van der Waals surface area (Å²) in [4.78, 5) is 12.5. The van der Waals surface area contributed by atoms with Gasteiger partial charge in [-0.25, -0.2) is 12.8 Å². The molecular weight excluding hydrogens is 383 g/mol. The van der Waals surface area contributed by atoms with Gasteiger partial charge in [-0.3, -0.25) is 4.79 Å². The van der Waals surface area contributed by atoms with E-state index in [0.717, 1.165) is 9.87 Å². The Bertz CT molecular complexity index is 883. The second-order valence-corrected chi connectivity index (χ2v) is 8.57. The number of nitrogens with zero attached hydrogens (tertiary/aromatic N) is 1. The van der Waals surface area contributed by atoms with Crippen molar-refractivity contribution in [3.8, 4) is 0 Å². The van der Waals surface area contributed by atoms with E-state index in [4.69, 9.17) is 4.74 Å². The lowest BCUT2D eigenvalue weighted by molar-refractivity contribution is -0.122. The van der Waals surface area contributed by atoms with Gasteiger partial charge in [-0.2, -0.15) is 4.31 Å². The first kappa shape index (κ1) is 22.0. The third-order valence-corrected chi connectivity index (χ3v) is 5.88. The largest absolute Gasteiger partial charge is 0.383 e. The number of nitrogens with one attached hydrogen (secondary N) is 1. The Kier molecular flexibility index (Phi) is 7.68. The number of methoxy groups -OCH3 is 1. The van der Waals surface area contributed by atoms with Crippen LogP contribution in [-0.2, 0) is 26.1 Å². The fraction of sp³-hybridized carbons (Fsp3) is 0.350. The van der Waals surface area contributed by atoms with Crippen LogP contribution >= 0.6 is 0 Å². The van der Waals surface area contributed by atoms with Crippen molar-refractivity contribution in [1.29, 1.82) is 0 Å². The Morgan fingerprint density at radius 2 is 1.75 bits per heavy atom. The van der Waals surface area contributed by atoms with Crippen molar-refractivity contribution in [2.45, 2.75) is 31.3 Å². The van der Waals surface area contributed by atoms with Gasteiger partial charge in [-0.1, -0.05) is 29.8 Å². The number of hydrogen-bond donors (Lipinski definition) is 1. The van der Waals surface area contributed by atoms with Crippen LogP contribution in [0.25, 0.3) is 0 Å². The molecule has 8 heteroatoms. The number of amides is 1. The van der Waals surface area contributed by atoms with Gasteiger partial charge in [0.1, 0.15) is 5.82 Å². The summed E-state index contributed by atoms with van der Waals surface area (Å²) in [6.07, 6.45) is 0. The minimum Gasteiger partial charge on any atom is -0.383 e. The number of ether oxygens (including phenoxy) is 1. The Balaban J connectivity index is 2.27. The molecule has 0 unspecified atom stereocenters. The van der Waals surface area contributed by atoms with Gasteiger partial charge < -0.3 is 10.1 Å². The number of hydrogen-bond acceptors (Lipinski definition) is 4. The zero-order valence-electron chi connectivity index (χ0n) is 16.2. The van der Waals surface area contributed by atoms with E-state index in [9.17, 15) is 17.6 Å². The number of carbonyl (C=O) groups is 1. The maximum Gasteiger partial charge on any atom is 0.243 e. The van der Waals surface area contributed by atoms with Crippen molar-refractivity contribution in [3.05, 3.63) is 65.5 Å². The van der Waals surface area contributed by atoms with E-state index in [1.54, 1.807) is 19.1 Å². The summed E-state index contributed by atoms with van der Waals surface area (Å²) in [5.41, 5.74) is 1.50. The monoisotopic (exact) mass is 408 g/mol. The molecule has 0 aromatic heterocycles. The van der Waals surface area contributed by atoms with Gasteiger partial charge in [-0.15, -0.1) is 0 Å². The molecule has 28 heavy (non-hydrogen) atoms. The van der Waals surface area contributed by atoms with E-state index >= 15 is 0 Å². The van der Waals surface area contributed by atoms with E-state index in [1.165, 1.54) is 43.5 Å². The Labute approximate surface area is 165 Å². The van der Waals surface area contributed by atoms with Gasteiger partial charge in [0.25, 0.3) is 0 Å². The minimum absolute atomic E-state index is 0.0530. The fourth-order valence-corrected chi connectivity index (χ4v) is 4.04. The fourth-order valence-electron chi connectivity index (χ4n) is 2.65. The molecule has 1 atom stereocenters. The third kappa shape index (κ3) is 6.12. The summed E-state index contributed by atoms with van der Waals surface area (Å²) in [5.74, 6) is -0.856. The Morgan fingerprint density at radius 1 is 1.14 bits per heavy atom. The van der Waals surface area contributed by atoms with Gasteiger partial charge in [0.05, 0.1) is 18.0 Å². The van der Waals surface area contributed by atoms with Crippen molar-refractivity contribution in [2.24, 2.45) is 0 Å². The number of halogens is 1. The van der Waals surface area contributed by atoms with Crippen LogP contribution in [0.1, 0.15) is 18.1 Å². The summed E-state index contributed by atoms with van der Waals surface area (Å²) in [6, 6.07) is 11.7. The van der Waals surface area contributed by atoms with Crippen LogP contribution in [0.2, 0.25) is 0 Å². The predicted molar refractivity (Wildman–Crippen MR) is 105 cm³/mol. The van der Waals surface area contributed by atoms with Crippen LogP contribution in [0.3, 0.4) is 0 Å². The molecule has 1 amide bonds. The molecule has 0 saturated heterocycles. The summed E-state index contributed by atoms with van der Waals surface area (Å²) in [6.45, 7) is 3.52. The highest BCUT2D eigenvalue weighted by Gasteiger charge is 2.27. The summed E-state index contributed by atoms with van der Waals surface area (Å²) >= 11 is 0. The standard InChI is InChI=1S/C20H25FN2O4S/c1-15-4-10-19(11-5-15)28(25,26)23(12-17-6-8-18(21)9-7-17)13-20(24)22-16(2)14-27-3/h4-11,16H,12-14H2,1-3H3,(H,22,24)/t16-/m1/s1. The number of sulfonamides is 1. The molecule has 0 spiro atoms.